The Morgan fingerprint density at radius 1 is 0.967 bits per heavy atom. The first-order valence-electron chi connectivity index (χ1n) is 10.2. The molecule has 1 saturated heterocycles. The van der Waals surface area contributed by atoms with E-state index in [9.17, 15) is 9.59 Å². The molecule has 5 nitrogen and oxygen atoms in total. The van der Waals surface area contributed by atoms with Gasteiger partial charge in [-0.25, -0.2) is 0 Å². The van der Waals surface area contributed by atoms with Gasteiger partial charge in [0, 0.05) is 30.8 Å². The van der Waals surface area contributed by atoms with Gasteiger partial charge in [-0.05, 0) is 36.2 Å². The molecule has 2 aromatic carbocycles. The zero-order valence-electron chi connectivity index (χ0n) is 17.0. The fourth-order valence-corrected chi connectivity index (χ4v) is 4.07. The Bertz CT molecular complexity index is 1020. The van der Waals surface area contributed by atoms with E-state index in [2.05, 4.69) is 10.3 Å². The predicted molar refractivity (Wildman–Crippen MR) is 116 cm³/mol. The Kier molecular flexibility index (Phi) is 5.89. The zero-order valence-corrected chi connectivity index (χ0v) is 17.0. The molecule has 5 heteroatoms. The highest BCUT2D eigenvalue weighted by Gasteiger charge is 2.40. The summed E-state index contributed by atoms with van der Waals surface area (Å²) in [7, 11) is 0. The molecule has 2 atom stereocenters. The van der Waals surface area contributed by atoms with Crippen LogP contribution in [-0.2, 0) is 11.3 Å². The van der Waals surface area contributed by atoms with E-state index in [1.807, 2.05) is 84.6 Å². The molecule has 152 valence electrons. The number of nitrogens with one attached hydrogen (secondary N) is 1. The molecule has 0 bridgehead atoms. The topological polar surface area (TPSA) is 62.3 Å². The van der Waals surface area contributed by atoms with Gasteiger partial charge in [-0.2, -0.15) is 0 Å². The minimum Gasteiger partial charge on any atom is -0.350 e. The van der Waals surface area contributed by atoms with E-state index in [4.69, 9.17) is 0 Å². The third-order valence-corrected chi connectivity index (χ3v) is 5.72. The molecule has 3 aromatic rings. The quantitative estimate of drug-likeness (QED) is 0.714. The average Bonchev–Trinajstić information content (AvgIpc) is 3.24. The molecular formula is C25H25N3O2. The van der Waals surface area contributed by atoms with Gasteiger partial charge in [0.15, 0.2) is 0 Å². The number of benzene rings is 2. The van der Waals surface area contributed by atoms with Crippen molar-refractivity contribution in [3.63, 3.8) is 0 Å². The van der Waals surface area contributed by atoms with Crippen molar-refractivity contribution in [1.29, 1.82) is 0 Å². The standard InChI is InChI=1S/C25H25N3O2/c1-18-9-5-6-13-21(18)25(30)28-16-22(19-10-3-2-4-11-19)23(17-28)24(29)27-15-20-12-7-8-14-26-20/h2-14,22-23H,15-17H2,1H3,(H,27,29)/t22-,23-/m0/s1. The predicted octanol–water partition coefficient (Wildman–Crippen LogP) is 3.56. The smallest absolute Gasteiger partial charge is 0.254 e. The fourth-order valence-electron chi connectivity index (χ4n) is 4.07. The number of amides is 2. The summed E-state index contributed by atoms with van der Waals surface area (Å²) < 4.78 is 0. The van der Waals surface area contributed by atoms with Gasteiger partial charge in [0.1, 0.15) is 0 Å². The highest BCUT2D eigenvalue weighted by Crippen LogP contribution is 2.34. The summed E-state index contributed by atoms with van der Waals surface area (Å²) in [6.07, 6.45) is 1.71. The second-order valence-corrected chi connectivity index (χ2v) is 7.69. The van der Waals surface area contributed by atoms with Gasteiger partial charge in [0.2, 0.25) is 5.91 Å². The Morgan fingerprint density at radius 3 is 2.43 bits per heavy atom. The van der Waals surface area contributed by atoms with Gasteiger partial charge in [0.25, 0.3) is 5.91 Å². The highest BCUT2D eigenvalue weighted by atomic mass is 16.2. The Morgan fingerprint density at radius 2 is 1.70 bits per heavy atom. The lowest BCUT2D eigenvalue weighted by molar-refractivity contribution is -0.125. The number of carbonyl (C=O) groups excluding carboxylic acids is 2. The molecule has 2 heterocycles. The summed E-state index contributed by atoms with van der Waals surface area (Å²) in [6, 6.07) is 23.2. The number of likely N-dealkylation sites (tertiary alicyclic amines) is 1. The second kappa shape index (κ2) is 8.91. The lowest BCUT2D eigenvalue weighted by atomic mass is 9.88. The van der Waals surface area contributed by atoms with Gasteiger partial charge < -0.3 is 10.2 Å². The van der Waals surface area contributed by atoms with E-state index in [-0.39, 0.29) is 23.7 Å². The molecule has 1 aromatic heterocycles. The lowest BCUT2D eigenvalue weighted by Crippen LogP contribution is -2.35. The third-order valence-electron chi connectivity index (χ3n) is 5.72. The molecule has 1 fully saturated rings. The van der Waals surface area contributed by atoms with Crippen LogP contribution in [0.3, 0.4) is 0 Å². The molecule has 30 heavy (non-hydrogen) atoms. The number of pyridine rings is 1. The maximum absolute atomic E-state index is 13.2. The number of aryl methyl sites for hydroxylation is 1. The molecule has 1 N–H and O–H groups in total. The van der Waals surface area contributed by atoms with Crippen LogP contribution >= 0.6 is 0 Å². The molecule has 1 aliphatic rings. The van der Waals surface area contributed by atoms with E-state index >= 15 is 0 Å². The van der Waals surface area contributed by atoms with Crippen LogP contribution in [0.2, 0.25) is 0 Å². The van der Waals surface area contributed by atoms with Crippen molar-refractivity contribution in [2.75, 3.05) is 13.1 Å². The van der Waals surface area contributed by atoms with Crippen LogP contribution in [0.15, 0.2) is 79.0 Å². The normalized spacial score (nSPS) is 18.2. The minimum absolute atomic E-state index is 0.0194. The number of hydrogen-bond acceptors (Lipinski definition) is 3. The summed E-state index contributed by atoms with van der Waals surface area (Å²) in [4.78, 5) is 32.4. The molecule has 4 rings (SSSR count). The first kappa shape index (κ1) is 19.8. The number of carbonyl (C=O) groups is 2. The summed E-state index contributed by atoms with van der Waals surface area (Å²) in [5, 5.41) is 3.01. The molecule has 0 radical (unpaired) electrons. The van der Waals surface area contributed by atoms with E-state index in [1.54, 1.807) is 6.20 Å². The van der Waals surface area contributed by atoms with E-state index in [0.29, 0.717) is 25.2 Å². The van der Waals surface area contributed by atoms with E-state index in [1.165, 1.54) is 0 Å². The maximum Gasteiger partial charge on any atom is 0.254 e. The van der Waals surface area contributed by atoms with Crippen molar-refractivity contribution in [3.05, 3.63) is 101 Å². The molecule has 0 saturated carbocycles. The Labute approximate surface area is 176 Å². The average molecular weight is 399 g/mol. The Balaban J connectivity index is 1.54. The van der Waals surface area contributed by atoms with Crippen LogP contribution in [0.4, 0.5) is 0 Å². The van der Waals surface area contributed by atoms with E-state index < -0.39 is 0 Å². The summed E-state index contributed by atoms with van der Waals surface area (Å²) in [5.74, 6) is -0.407. The van der Waals surface area contributed by atoms with Gasteiger partial charge >= 0.3 is 0 Å². The van der Waals surface area contributed by atoms with E-state index in [0.717, 1.165) is 16.8 Å². The SMILES string of the molecule is Cc1ccccc1C(=O)N1C[C@H](C(=O)NCc2ccccn2)[C@H](c2ccccc2)C1. The van der Waals surface area contributed by atoms with Gasteiger partial charge in [0.05, 0.1) is 18.2 Å². The minimum atomic E-state index is -0.302. The molecule has 2 amide bonds. The molecule has 0 aliphatic carbocycles. The van der Waals surface area contributed by atoms with Gasteiger partial charge in [-0.1, -0.05) is 54.6 Å². The monoisotopic (exact) mass is 399 g/mol. The van der Waals surface area contributed by atoms with Crippen LogP contribution < -0.4 is 5.32 Å². The summed E-state index contributed by atoms with van der Waals surface area (Å²) in [6.45, 7) is 3.25. The lowest BCUT2D eigenvalue weighted by Gasteiger charge is -2.18. The van der Waals surface area contributed by atoms with Crippen LogP contribution in [0.1, 0.15) is 33.1 Å². The van der Waals surface area contributed by atoms with Crippen molar-refractivity contribution >= 4 is 11.8 Å². The largest absolute Gasteiger partial charge is 0.350 e. The zero-order chi connectivity index (χ0) is 20.9. The van der Waals surface area contributed by atoms with Crippen molar-refractivity contribution < 1.29 is 9.59 Å². The van der Waals surface area contributed by atoms with Crippen LogP contribution in [0, 0.1) is 12.8 Å². The van der Waals surface area contributed by atoms with Gasteiger partial charge in [-0.3, -0.25) is 14.6 Å². The van der Waals surface area contributed by atoms with Crippen LogP contribution in [0.5, 0.6) is 0 Å². The first-order chi connectivity index (χ1) is 14.6. The van der Waals surface area contributed by atoms with Gasteiger partial charge in [-0.15, -0.1) is 0 Å². The van der Waals surface area contributed by atoms with Crippen molar-refractivity contribution in [3.8, 4) is 0 Å². The molecular weight excluding hydrogens is 374 g/mol. The van der Waals surface area contributed by atoms with Crippen LogP contribution in [-0.4, -0.2) is 34.8 Å². The fraction of sp³-hybridized carbons (Fsp3) is 0.240. The number of rotatable bonds is 5. The molecule has 0 unspecified atom stereocenters. The summed E-state index contributed by atoms with van der Waals surface area (Å²) >= 11 is 0. The number of aromatic nitrogens is 1. The molecule has 0 spiro atoms. The maximum atomic E-state index is 13.2. The first-order valence-corrected chi connectivity index (χ1v) is 10.2. The number of nitrogens with zero attached hydrogens (tertiary/aromatic N) is 2. The third kappa shape index (κ3) is 4.25. The summed E-state index contributed by atoms with van der Waals surface area (Å²) in [5.41, 5.74) is 3.53. The van der Waals surface area contributed by atoms with Crippen LogP contribution in [0.25, 0.3) is 0 Å². The van der Waals surface area contributed by atoms with Crippen molar-refractivity contribution in [1.82, 2.24) is 15.2 Å². The Hall–Kier alpha value is -3.47. The molecule has 1 aliphatic heterocycles. The number of hydrogen-bond donors (Lipinski definition) is 1. The van der Waals surface area contributed by atoms with Crippen molar-refractivity contribution in [2.45, 2.75) is 19.4 Å². The van der Waals surface area contributed by atoms with Crippen molar-refractivity contribution in [2.24, 2.45) is 5.92 Å². The second-order valence-electron chi connectivity index (χ2n) is 7.69. The highest BCUT2D eigenvalue weighted by molar-refractivity contribution is 5.96.